The van der Waals surface area contributed by atoms with Crippen LogP contribution in [0.5, 0.6) is 0 Å². The quantitative estimate of drug-likeness (QED) is 0.318. The second kappa shape index (κ2) is 14.1. The Kier molecular flexibility index (Phi) is 11.9. The van der Waals surface area contributed by atoms with Crippen LogP contribution in [0.25, 0.3) is 11.1 Å². The van der Waals surface area contributed by atoms with Gasteiger partial charge in [-0.1, -0.05) is 26.7 Å². The molecule has 0 aromatic heterocycles. The molecule has 2 aliphatic carbocycles. The average Bonchev–Trinajstić information content (AvgIpc) is 2.94. The van der Waals surface area contributed by atoms with Crippen molar-refractivity contribution in [3.8, 4) is 0 Å². The summed E-state index contributed by atoms with van der Waals surface area (Å²) in [4.78, 5) is 0. The molecule has 3 nitrogen and oxygen atoms in total. The van der Waals surface area contributed by atoms with Gasteiger partial charge in [0.2, 0.25) is 0 Å². The molecule has 0 amide bonds. The van der Waals surface area contributed by atoms with Crippen LogP contribution in [0, 0.1) is 29.7 Å². The van der Waals surface area contributed by atoms with Crippen LogP contribution in [0.15, 0.2) is 48.5 Å². The molecule has 4 aliphatic rings. The van der Waals surface area contributed by atoms with Gasteiger partial charge in [-0.05, 0) is 63.7 Å². The van der Waals surface area contributed by atoms with Gasteiger partial charge in [0.1, 0.15) is 0 Å². The molecule has 212 valence electrons. The summed E-state index contributed by atoms with van der Waals surface area (Å²) in [5.41, 5.74) is 11.2. The zero-order valence-electron chi connectivity index (χ0n) is 24.3. The van der Waals surface area contributed by atoms with Crippen molar-refractivity contribution in [2.75, 3.05) is 13.2 Å². The maximum atomic E-state index is 6.22. The Balaban J connectivity index is 0.000000210. The summed E-state index contributed by atoms with van der Waals surface area (Å²) in [6.45, 7) is 8.46. The average molecular weight is 877 g/mol. The Morgan fingerprint density at radius 1 is 0.625 bits per heavy atom. The van der Waals surface area contributed by atoms with Crippen LogP contribution in [0.4, 0.5) is 0 Å². The van der Waals surface area contributed by atoms with Crippen LogP contribution in [-0.2, 0) is 51.6 Å². The van der Waals surface area contributed by atoms with Gasteiger partial charge in [0.15, 0.2) is 0 Å². The standard InChI is InChI=1S/C18H22O.C17H21NO.2W/c1-17(2)9-11-18(12-10-17)14-16(8-13-19-18)15-6-4-3-5-7-15;1-16(18)8-10-17(11-9-16)13-15(7-12-19-17)14-5-3-2-4-6-14;;/h3-6H,8-13H2,1-2H3;2-5H,7-12,18H2,1H3;;/q2*-2;2*+2. The number of ether oxygens (including phenoxy) is 2. The third kappa shape index (κ3) is 8.61. The van der Waals surface area contributed by atoms with Gasteiger partial charge in [-0.25, -0.2) is 24.3 Å². The predicted octanol–water partition coefficient (Wildman–Crippen LogP) is 7.55. The molecule has 2 spiro atoms. The number of rotatable bonds is 2. The Labute approximate surface area is 271 Å². The van der Waals surface area contributed by atoms with Gasteiger partial charge in [0.25, 0.3) is 0 Å². The fourth-order valence-electron chi connectivity index (χ4n) is 6.10. The van der Waals surface area contributed by atoms with Crippen molar-refractivity contribution in [3.63, 3.8) is 0 Å². The van der Waals surface area contributed by atoms with E-state index < -0.39 is 0 Å². The molecule has 2 aliphatic heterocycles. The Bertz CT molecular complexity index is 1030. The number of hydrogen-bond acceptors (Lipinski definition) is 3. The van der Waals surface area contributed by atoms with Crippen LogP contribution >= 0.6 is 0 Å². The van der Waals surface area contributed by atoms with E-state index in [1.807, 2.05) is 24.3 Å². The van der Waals surface area contributed by atoms with Gasteiger partial charge in [0.05, 0.1) is 0 Å². The molecular weight excluding hydrogens is 834 g/mol. The van der Waals surface area contributed by atoms with Crippen LogP contribution in [-0.4, -0.2) is 30.0 Å². The zero-order valence-corrected chi connectivity index (χ0v) is 30.2. The van der Waals surface area contributed by atoms with Gasteiger partial charge < -0.3 is 26.3 Å². The Morgan fingerprint density at radius 2 is 1.05 bits per heavy atom. The van der Waals surface area contributed by atoms with E-state index in [9.17, 15) is 0 Å². The first-order chi connectivity index (χ1) is 18.2. The molecular formula is C35H43NO2W2. The summed E-state index contributed by atoms with van der Waals surface area (Å²) in [6, 6.07) is 23.0. The van der Waals surface area contributed by atoms with Crippen molar-refractivity contribution < 1.29 is 51.6 Å². The molecule has 0 unspecified atom stereocenters. The molecule has 5 heteroatoms. The van der Waals surface area contributed by atoms with E-state index in [0.717, 1.165) is 70.1 Å². The van der Waals surface area contributed by atoms with Crippen LogP contribution in [0.1, 0.15) is 96.1 Å². The fraction of sp³-hybridized carbons (Fsp3) is 0.543. The molecule has 2 saturated carbocycles. The molecule has 2 aromatic carbocycles. The summed E-state index contributed by atoms with van der Waals surface area (Å²) in [7, 11) is 0. The van der Waals surface area contributed by atoms with E-state index in [4.69, 9.17) is 15.2 Å². The van der Waals surface area contributed by atoms with Crippen LogP contribution < -0.4 is 5.73 Å². The molecule has 40 heavy (non-hydrogen) atoms. The van der Waals surface area contributed by atoms with Gasteiger partial charge in [0, 0.05) is 30.0 Å². The van der Waals surface area contributed by atoms with Gasteiger partial charge in [-0.3, -0.25) is 23.3 Å². The summed E-state index contributed by atoms with van der Waals surface area (Å²) < 4.78 is 12.2. The largest absolute Gasteiger partial charge is 2.00 e. The molecule has 2 heterocycles. The summed E-state index contributed by atoms with van der Waals surface area (Å²) in [5.74, 6) is 0. The predicted molar refractivity (Wildman–Crippen MR) is 154 cm³/mol. The van der Waals surface area contributed by atoms with E-state index in [-0.39, 0.29) is 58.9 Å². The first-order valence-corrected chi connectivity index (χ1v) is 14.5. The number of nitrogens with two attached hydrogens (primary N) is 1. The van der Waals surface area contributed by atoms with Crippen molar-refractivity contribution in [1.82, 2.24) is 0 Å². The SMILES string of the molecule is CC1(C)CCC2([C-]=C(c3[c-]cccc3)CCO2)CC1.CC1(N)CCC2([C-]=C(c3[c-]cccc3)CCO2)CC1.[W+2].[W+2]. The summed E-state index contributed by atoms with van der Waals surface area (Å²) >= 11 is 0. The van der Waals surface area contributed by atoms with E-state index in [1.54, 1.807) is 0 Å². The van der Waals surface area contributed by atoms with Crippen LogP contribution in [0.2, 0.25) is 0 Å². The third-order valence-corrected chi connectivity index (χ3v) is 8.90. The number of benzene rings is 2. The number of hydrogen-bond donors (Lipinski definition) is 1. The second-order valence-electron chi connectivity index (χ2n) is 12.8. The van der Waals surface area contributed by atoms with Crippen LogP contribution in [0.3, 0.4) is 0 Å². The summed E-state index contributed by atoms with van der Waals surface area (Å²) in [5, 5.41) is 0. The molecule has 0 bridgehead atoms. The third-order valence-electron chi connectivity index (χ3n) is 8.90. The first-order valence-electron chi connectivity index (χ1n) is 14.5. The molecule has 6 rings (SSSR count). The van der Waals surface area contributed by atoms with Crippen molar-refractivity contribution in [2.45, 2.75) is 102 Å². The maximum Gasteiger partial charge on any atom is 2.00 e. The van der Waals surface area contributed by atoms with E-state index in [0.29, 0.717) is 5.41 Å². The van der Waals surface area contributed by atoms with Crippen molar-refractivity contribution in [2.24, 2.45) is 11.1 Å². The van der Waals surface area contributed by atoms with E-state index >= 15 is 0 Å². The molecule has 2 N–H and O–H groups in total. The van der Waals surface area contributed by atoms with Crippen molar-refractivity contribution in [3.05, 3.63) is 83.9 Å². The van der Waals surface area contributed by atoms with E-state index in [2.05, 4.69) is 69.3 Å². The van der Waals surface area contributed by atoms with Crippen molar-refractivity contribution >= 4 is 11.1 Å². The molecule has 0 atom stereocenters. The Hall–Kier alpha value is -0.823. The maximum absolute atomic E-state index is 6.22. The van der Waals surface area contributed by atoms with Crippen molar-refractivity contribution in [1.29, 1.82) is 0 Å². The normalized spacial score (nSPS) is 26.2. The summed E-state index contributed by atoms with van der Waals surface area (Å²) in [6.07, 6.45) is 17.9. The second-order valence-corrected chi connectivity index (χ2v) is 12.8. The van der Waals surface area contributed by atoms with Gasteiger partial charge in [-0.15, -0.1) is 12.1 Å². The molecule has 2 fully saturated rings. The van der Waals surface area contributed by atoms with Gasteiger partial charge in [-0.2, -0.15) is 24.3 Å². The first kappa shape index (κ1) is 33.7. The minimum Gasteiger partial charge on any atom is -0.391 e. The molecule has 2 aromatic rings. The minimum atomic E-state index is -0.198. The topological polar surface area (TPSA) is 44.5 Å². The smallest absolute Gasteiger partial charge is 0.391 e. The van der Waals surface area contributed by atoms with Gasteiger partial charge >= 0.3 is 42.1 Å². The Morgan fingerprint density at radius 3 is 1.45 bits per heavy atom. The fourth-order valence-corrected chi connectivity index (χ4v) is 6.10. The molecule has 0 saturated heterocycles. The molecule has 0 radical (unpaired) electrons. The minimum absolute atomic E-state index is 0. The zero-order chi connectivity index (χ0) is 26.7. The monoisotopic (exact) mass is 877 g/mol. The van der Waals surface area contributed by atoms with E-state index in [1.165, 1.54) is 29.6 Å².